The Balaban J connectivity index is 4.30. The molecule has 1 amide bonds. The molecule has 0 aliphatic rings. The molecule has 0 radical (unpaired) electrons. The number of carbonyl (C=O) groups is 3. The van der Waals surface area contributed by atoms with E-state index in [9.17, 15) is 19.5 Å². The molecule has 2 atom stereocenters. The van der Waals surface area contributed by atoms with Crippen molar-refractivity contribution in [2.75, 3.05) is 6.54 Å². The van der Waals surface area contributed by atoms with Crippen LogP contribution in [0.25, 0.3) is 0 Å². The van der Waals surface area contributed by atoms with Crippen molar-refractivity contribution in [3.63, 3.8) is 0 Å². The highest BCUT2D eigenvalue weighted by atomic mass is 16.5. The number of nitrogens with one attached hydrogen (secondary N) is 1. The second kappa shape index (κ2) is 32.7. The third-order valence-corrected chi connectivity index (χ3v) is 7.58. The van der Waals surface area contributed by atoms with E-state index in [1.165, 1.54) is 32.1 Å². The van der Waals surface area contributed by atoms with E-state index in [0.717, 1.165) is 77.0 Å². The van der Waals surface area contributed by atoms with Crippen molar-refractivity contribution in [2.24, 2.45) is 5.73 Å². The quantitative estimate of drug-likeness (QED) is 0.0399. The Morgan fingerprint density at radius 2 is 1.27 bits per heavy atom. The number of rotatable bonds is 31. The van der Waals surface area contributed by atoms with Gasteiger partial charge < -0.3 is 20.9 Å². The van der Waals surface area contributed by atoms with Crippen LogP contribution in [0, 0.1) is 0 Å². The topological polar surface area (TPSA) is 119 Å². The summed E-state index contributed by atoms with van der Waals surface area (Å²) in [7, 11) is 0. The molecular weight excluding hydrogens is 564 g/mol. The van der Waals surface area contributed by atoms with Crippen molar-refractivity contribution < 1.29 is 24.2 Å². The number of hydrogen-bond acceptors (Lipinski definition) is 5. The summed E-state index contributed by atoms with van der Waals surface area (Å²) in [5.74, 6) is -1.38. The maximum atomic E-state index is 12.6. The third kappa shape index (κ3) is 29.8. The number of carbonyl (C=O) groups excluding carboxylic acids is 2. The van der Waals surface area contributed by atoms with Crippen LogP contribution in [-0.2, 0) is 19.1 Å². The van der Waals surface area contributed by atoms with Gasteiger partial charge in [0.2, 0.25) is 5.91 Å². The molecule has 0 aromatic rings. The van der Waals surface area contributed by atoms with Crippen LogP contribution < -0.4 is 11.1 Å². The molecule has 7 heteroatoms. The number of nitrogens with two attached hydrogens (primary N) is 1. The smallest absolute Gasteiger partial charge is 0.326 e. The Morgan fingerprint density at radius 3 is 1.93 bits per heavy atom. The van der Waals surface area contributed by atoms with Gasteiger partial charge in [0.1, 0.15) is 12.1 Å². The monoisotopic (exact) mass is 630 g/mol. The normalized spacial score (nSPS) is 13.3. The van der Waals surface area contributed by atoms with E-state index in [1.807, 2.05) is 6.08 Å². The largest absolute Gasteiger partial charge is 0.480 e. The zero-order valence-corrected chi connectivity index (χ0v) is 28.7. The molecule has 0 spiro atoms. The second-order valence-electron chi connectivity index (χ2n) is 11.9. The molecule has 258 valence electrons. The number of amides is 1. The molecule has 2 unspecified atom stereocenters. The van der Waals surface area contributed by atoms with E-state index in [0.29, 0.717) is 38.6 Å². The minimum atomic E-state index is -1.02. The lowest BCUT2D eigenvalue weighted by molar-refractivity contribution is -0.147. The van der Waals surface area contributed by atoms with Gasteiger partial charge in [-0.15, -0.1) is 0 Å². The van der Waals surface area contributed by atoms with Gasteiger partial charge in [-0.3, -0.25) is 9.59 Å². The average molecular weight is 631 g/mol. The highest BCUT2D eigenvalue weighted by Crippen LogP contribution is 2.14. The SMILES string of the molecule is CCC/C=C\C/C=C\C(CCCCCCC(=O)NC(CCCN)C(=O)O)OC(=O)CCCCCCC/C=C\C/C=C\CCCC. The molecule has 0 aromatic carbocycles. The molecule has 0 bridgehead atoms. The van der Waals surface area contributed by atoms with Gasteiger partial charge in [-0.2, -0.15) is 0 Å². The van der Waals surface area contributed by atoms with Crippen molar-refractivity contribution in [1.82, 2.24) is 5.32 Å². The Hall–Kier alpha value is -2.67. The molecule has 0 saturated heterocycles. The summed E-state index contributed by atoms with van der Waals surface area (Å²) in [5, 5.41) is 11.9. The predicted octanol–water partition coefficient (Wildman–Crippen LogP) is 9.27. The molecule has 45 heavy (non-hydrogen) atoms. The summed E-state index contributed by atoms with van der Waals surface area (Å²) in [6.45, 7) is 4.78. The minimum Gasteiger partial charge on any atom is -0.480 e. The van der Waals surface area contributed by atoms with E-state index < -0.39 is 12.0 Å². The van der Waals surface area contributed by atoms with Gasteiger partial charge in [0, 0.05) is 12.8 Å². The first-order chi connectivity index (χ1) is 21.9. The maximum absolute atomic E-state index is 12.6. The molecule has 7 nitrogen and oxygen atoms in total. The van der Waals surface area contributed by atoms with Gasteiger partial charge in [-0.1, -0.05) is 108 Å². The Bertz CT molecular complexity index is 849. The average Bonchev–Trinajstić information content (AvgIpc) is 3.02. The zero-order valence-electron chi connectivity index (χ0n) is 28.7. The van der Waals surface area contributed by atoms with Crippen LogP contribution in [0.15, 0.2) is 48.6 Å². The van der Waals surface area contributed by atoms with Crippen LogP contribution >= 0.6 is 0 Å². The summed E-state index contributed by atoms with van der Waals surface area (Å²) in [6, 6.07) is -0.875. The Kier molecular flexibility index (Phi) is 30.8. The van der Waals surface area contributed by atoms with Crippen LogP contribution in [0.4, 0.5) is 0 Å². The molecular formula is C38H66N2O5. The fourth-order valence-corrected chi connectivity index (χ4v) is 4.83. The number of esters is 1. The lowest BCUT2D eigenvalue weighted by atomic mass is 10.1. The minimum absolute atomic E-state index is 0.125. The van der Waals surface area contributed by atoms with Crippen LogP contribution in [-0.4, -0.2) is 41.6 Å². The molecule has 0 saturated carbocycles. The lowest BCUT2D eigenvalue weighted by Gasteiger charge is -2.15. The summed E-state index contributed by atoms with van der Waals surface area (Å²) in [4.78, 5) is 36.0. The van der Waals surface area contributed by atoms with E-state index >= 15 is 0 Å². The predicted molar refractivity (Wildman–Crippen MR) is 188 cm³/mol. The molecule has 0 rings (SSSR count). The molecule has 4 N–H and O–H groups in total. The summed E-state index contributed by atoms with van der Waals surface area (Å²) >= 11 is 0. The van der Waals surface area contributed by atoms with Gasteiger partial charge in [-0.05, 0) is 89.7 Å². The first-order valence-corrected chi connectivity index (χ1v) is 18.0. The zero-order chi connectivity index (χ0) is 33.2. The Labute approximate surface area is 275 Å². The number of aliphatic carboxylic acids is 1. The van der Waals surface area contributed by atoms with E-state index in [-0.39, 0.29) is 18.0 Å². The summed E-state index contributed by atoms with van der Waals surface area (Å²) in [6.07, 6.45) is 37.4. The number of carboxylic acids is 1. The summed E-state index contributed by atoms with van der Waals surface area (Å²) in [5.41, 5.74) is 5.46. The van der Waals surface area contributed by atoms with Crippen molar-refractivity contribution in [3.8, 4) is 0 Å². The van der Waals surface area contributed by atoms with Crippen LogP contribution in [0.2, 0.25) is 0 Å². The van der Waals surface area contributed by atoms with Gasteiger partial charge >= 0.3 is 11.9 Å². The van der Waals surface area contributed by atoms with Gasteiger partial charge in [0.05, 0.1) is 0 Å². The van der Waals surface area contributed by atoms with Crippen molar-refractivity contribution in [3.05, 3.63) is 48.6 Å². The van der Waals surface area contributed by atoms with Crippen molar-refractivity contribution >= 4 is 17.8 Å². The van der Waals surface area contributed by atoms with Crippen LogP contribution in [0.1, 0.15) is 155 Å². The highest BCUT2D eigenvalue weighted by molar-refractivity contribution is 5.83. The number of hydrogen-bond donors (Lipinski definition) is 3. The third-order valence-electron chi connectivity index (χ3n) is 7.58. The van der Waals surface area contributed by atoms with Crippen LogP contribution in [0.3, 0.4) is 0 Å². The van der Waals surface area contributed by atoms with Gasteiger partial charge in [0.25, 0.3) is 0 Å². The van der Waals surface area contributed by atoms with E-state index in [1.54, 1.807) is 0 Å². The fourth-order valence-electron chi connectivity index (χ4n) is 4.83. The number of carboxylic acid groups (broad SMARTS) is 1. The summed E-state index contributed by atoms with van der Waals surface area (Å²) < 4.78 is 5.84. The van der Waals surface area contributed by atoms with Gasteiger partial charge in [-0.25, -0.2) is 4.79 Å². The number of unbranched alkanes of at least 4 members (excludes halogenated alkanes) is 11. The highest BCUT2D eigenvalue weighted by Gasteiger charge is 2.18. The van der Waals surface area contributed by atoms with Crippen molar-refractivity contribution in [2.45, 2.75) is 167 Å². The van der Waals surface area contributed by atoms with Gasteiger partial charge in [0.15, 0.2) is 0 Å². The standard InChI is InChI=1S/C38H66N2O5/c1-3-5-7-9-11-12-13-14-15-16-17-18-20-26-32-37(42)45-34(28-23-19-10-8-6-4-2)29-24-21-22-25-31-36(41)40-35(38(43)44)30-27-33-39/h8-11,13-14,23,28,34-35H,3-7,12,15-22,24-27,29-33,39H2,1-2H3,(H,40,41)(H,43,44)/b10-8-,11-9-,14-13-,28-23-. The molecule has 0 heterocycles. The molecule has 0 aromatic heterocycles. The van der Waals surface area contributed by atoms with Crippen molar-refractivity contribution in [1.29, 1.82) is 0 Å². The number of allylic oxidation sites excluding steroid dienone is 7. The first-order valence-electron chi connectivity index (χ1n) is 18.0. The fraction of sp³-hybridized carbons (Fsp3) is 0.711. The molecule has 0 aliphatic heterocycles. The van der Waals surface area contributed by atoms with E-state index in [2.05, 4.69) is 61.7 Å². The van der Waals surface area contributed by atoms with Crippen LogP contribution in [0.5, 0.6) is 0 Å². The molecule has 0 fully saturated rings. The maximum Gasteiger partial charge on any atom is 0.326 e. The first kappa shape index (κ1) is 42.3. The Morgan fingerprint density at radius 1 is 0.667 bits per heavy atom. The van der Waals surface area contributed by atoms with E-state index in [4.69, 9.17) is 10.5 Å². The molecule has 0 aliphatic carbocycles. The number of ether oxygens (including phenoxy) is 1. The lowest BCUT2D eigenvalue weighted by Crippen LogP contribution is -2.40. The second-order valence-corrected chi connectivity index (χ2v) is 11.9.